The molecule has 3 heterocycles. The molecule has 0 bridgehead atoms. The van der Waals surface area contributed by atoms with E-state index in [9.17, 15) is 18.4 Å². The van der Waals surface area contributed by atoms with E-state index in [0.717, 1.165) is 35.9 Å². The van der Waals surface area contributed by atoms with Crippen LogP contribution in [0.25, 0.3) is 5.57 Å². The molecule has 2 aliphatic heterocycles. The van der Waals surface area contributed by atoms with E-state index in [2.05, 4.69) is 6.92 Å². The molecular formula is C20H18F2N2O2S. The second-order valence-corrected chi connectivity index (χ2v) is 7.88. The summed E-state index contributed by atoms with van der Waals surface area (Å²) in [6, 6.07) is 6.34. The van der Waals surface area contributed by atoms with E-state index in [1.807, 2.05) is 10.3 Å². The maximum Gasteiger partial charge on any atom is 0.282 e. The lowest BCUT2D eigenvalue weighted by molar-refractivity contribution is -0.120. The standard InChI is InChI=1S/C20H18F2N2O2S/c1-12-4-2-8-23(11-12)18-17(16-5-3-9-27-16)19(25)24(20(18)26)15-10-13(21)6-7-14(15)22/h3,5-7,9-10,12H,2,4,8,11H2,1H3. The molecule has 4 rings (SSSR count). The molecule has 0 radical (unpaired) electrons. The molecule has 4 nitrogen and oxygen atoms in total. The number of piperidine rings is 1. The highest BCUT2D eigenvalue weighted by atomic mass is 32.1. The van der Waals surface area contributed by atoms with Gasteiger partial charge in [0, 0.05) is 24.0 Å². The number of rotatable bonds is 3. The van der Waals surface area contributed by atoms with Gasteiger partial charge in [-0.25, -0.2) is 13.7 Å². The first-order valence-electron chi connectivity index (χ1n) is 8.84. The minimum Gasteiger partial charge on any atom is -0.366 e. The van der Waals surface area contributed by atoms with E-state index >= 15 is 0 Å². The number of halogens is 2. The molecule has 0 saturated carbocycles. The maximum atomic E-state index is 14.3. The average molecular weight is 388 g/mol. The number of hydrogen-bond donors (Lipinski definition) is 0. The largest absolute Gasteiger partial charge is 0.366 e. The van der Waals surface area contributed by atoms with E-state index in [4.69, 9.17) is 0 Å². The minimum absolute atomic E-state index is 0.271. The Balaban J connectivity index is 1.83. The van der Waals surface area contributed by atoms with Crippen LogP contribution in [0.4, 0.5) is 14.5 Å². The fourth-order valence-corrected chi connectivity index (χ4v) is 4.49. The van der Waals surface area contributed by atoms with Gasteiger partial charge in [0.05, 0.1) is 11.3 Å². The molecule has 1 aromatic carbocycles. The first kappa shape index (κ1) is 17.9. The molecule has 0 N–H and O–H groups in total. The molecule has 7 heteroatoms. The van der Waals surface area contributed by atoms with Crippen molar-refractivity contribution in [2.75, 3.05) is 18.0 Å². The van der Waals surface area contributed by atoms with Crippen LogP contribution in [-0.2, 0) is 9.59 Å². The zero-order valence-corrected chi connectivity index (χ0v) is 15.6. The Labute approximate surface area is 159 Å². The first-order valence-corrected chi connectivity index (χ1v) is 9.72. The molecule has 0 spiro atoms. The molecular weight excluding hydrogens is 370 g/mol. The summed E-state index contributed by atoms with van der Waals surface area (Å²) in [6.45, 7) is 3.42. The molecule has 2 amide bonds. The molecule has 1 saturated heterocycles. The van der Waals surface area contributed by atoms with Crippen molar-refractivity contribution in [2.45, 2.75) is 19.8 Å². The van der Waals surface area contributed by atoms with Gasteiger partial charge in [0.25, 0.3) is 11.8 Å². The molecule has 1 fully saturated rings. The van der Waals surface area contributed by atoms with Gasteiger partial charge in [-0.2, -0.15) is 0 Å². The van der Waals surface area contributed by atoms with Crippen molar-refractivity contribution >= 4 is 34.4 Å². The van der Waals surface area contributed by atoms with E-state index in [0.29, 0.717) is 23.9 Å². The van der Waals surface area contributed by atoms with Gasteiger partial charge in [-0.1, -0.05) is 13.0 Å². The predicted molar refractivity (Wildman–Crippen MR) is 100 cm³/mol. The number of anilines is 1. The second-order valence-electron chi connectivity index (χ2n) is 6.94. The molecule has 1 unspecified atom stereocenters. The average Bonchev–Trinajstić information content (AvgIpc) is 3.24. The summed E-state index contributed by atoms with van der Waals surface area (Å²) in [5.74, 6) is -2.33. The molecule has 2 aliphatic rings. The number of carbonyl (C=O) groups excluding carboxylic acids is 2. The monoisotopic (exact) mass is 388 g/mol. The van der Waals surface area contributed by atoms with Crippen molar-refractivity contribution < 1.29 is 18.4 Å². The molecule has 1 aromatic heterocycles. The van der Waals surface area contributed by atoms with E-state index in [1.165, 1.54) is 11.3 Å². The zero-order valence-electron chi connectivity index (χ0n) is 14.7. The third kappa shape index (κ3) is 3.06. The molecule has 140 valence electrons. The van der Waals surface area contributed by atoms with Crippen molar-refractivity contribution in [1.82, 2.24) is 4.90 Å². The second kappa shape index (κ2) is 6.88. The lowest BCUT2D eigenvalue weighted by Gasteiger charge is -2.33. The van der Waals surface area contributed by atoms with E-state index in [-0.39, 0.29) is 17.0 Å². The minimum atomic E-state index is -0.808. The highest BCUT2D eigenvalue weighted by Crippen LogP contribution is 2.38. The summed E-state index contributed by atoms with van der Waals surface area (Å²) >= 11 is 1.35. The number of amides is 2. The SMILES string of the molecule is CC1CCCN(C2=C(c3cccs3)C(=O)N(c3cc(F)ccc3F)C2=O)C1. The summed E-state index contributed by atoms with van der Waals surface area (Å²) in [4.78, 5) is 29.7. The third-order valence-corrected chi connectivity index (χ3v) is 5.84. The van der Waals surface area contributed by atoms with Crippen LogP contribution in [0.15, 0.2) is 41.4 Å². The Morgan fingerprint density at radius 2 is 1.96 bits per heavy atom. The quantitative estimate of drug-likeness (QED) is 0.745. The van der Waals surface area contributed by atoms with Crippen molar-refractivity contribution in [1.29, 1.82) is 0 Å². The smallest absolute Gasteiger partial charge is 0.282 e. The summed E-state index contributed by atoms with van der Waals surface area (Å²) in [6.07, 6.45) is 1.97. The normalized spacial score (nSPS) is 20.8. The Hall–Kier alpha value is -2.54. The number of carbonyl (C=O) groups is 2. The fraction of sp³-hybridized carbons (Fsp3) is 0.300. The van der Waals surface area contributed by atoms with Gasteiger partial charge in [0.15, 0.2) is 0 Å². The summed E-state index contributed by atoms with van der Waals surface area (Å²) in [7, 11) is 0. The highest BCUT2D eigenvalue weighted by Gasteiger charge is 2.44. The van der Waals surface area contributed by atoms with Crippen LogP contribution in [-0.4, -0.2) is 29.8 Å². The number of benzene rings is 1. The van der Waals surface area contributed by atoms with Crippen LogP contribution in [0.3, 0.4) is 0 Å². The van der Waals surface area contributed by atoms with Crippen LogP contribution in [0.1, 0.15) is 24.6 Å². The van der Waals surface area contributed by atoms with Gasteiger partial charge in [0.2, 0.25) is 0 Å². The molecule has 2 aromatic rings. The van der Waals surface area contributed by atoms with Crippen molar-refractivity contribution in [3.63, 3.8) is 0 Å². The van der Waals surface area contributed by atoms with Crippen LogP contribution in [0.5, 0.6) is 0 Å². The van der Waals surface area contributed by atoms with Gasteiger partial charge in [0.1, 0.15) is 17.3 Å². The van der Waals surface area contributed by atoms with Crippen molar-refractivity contribution in [2.24, 2.45) is 5.92 Å². The number of imide groups is 1. The lowest BCUT2D eigenvalue weighted by atomic mass is 9.99. The number of hydrogen-bond acceptors (Lipinski definition) is 4. The molecule has 1 atom stereocenters. The van der Waals surface area contributed by atoms with Crippen molar-refractivity contribution in [3.05, 3.63) is 57.9 Å². The Morgan fingerprint density at radius 3 is 2.67 bits per heavy atom. The first-order chi connectivity index (χ1) is 13.0. The number of likely N-dealkylation sites (tertiary alicyclic amines) is 1. The van der Waals surface area contributed by atoms with E-state index < -0.39 is 23.4 Å². The predicted octanol–water partition coefficient (Wildman–Crippen LogP) is 4.04. The fourth-order valence-electron chi connectivity index (χ4n) is 3.72. The van der Waals surface area contributed by atoms with Crippen LogP contribution < -0.4 is 4.90 Å². The van der Waals surface area contributed by atoms with Gasteiger partial charge in [-0.05, 0) is 42.3 Å². The molecule has 0 aliphatic carbocycles. The highest BCUT2D eigenvalue weighted by molar-refractivity contribution is 7.11. The van der Waals surface area contributed by atoms with Crippen LogP contribution in [0, 0.1) is 17.6 Å². The maximum absolute atomic E-state index is 14.3. The van der Waals surface area contributed by atoms with E-state index in [1.54, 1.807) is 12.1 Å². The summed E-state index contributed by atoms with van der Waals surface area (Å²) in [5.41, 5.74) is 0.213. The zero-order chi connectivity index (χ0) is 19.1. The van der Waals surface area contributed by atoms with Crippen molar-refractivity contribution in [3.8, 4) is 0 Å². The molecule has 27 heavy (non-hydrogen) atoms. The Kier molecular flexibility index (Phi) is 4.55. The van der Waals surface area contributed by atoms with Crippen LogP contribution in [0.2, 0.25) is 0 Å². The lowest BCUT2D eigenvalue weighted by Crippen LogP contribution is -2.39. The number of nitrogens with zero attached hydrogens (tertiary/aromatic N) is 2. The van der Waals surface area contributed by atoms with Gasteiger partial charge < -0.3 is 4.90 Å². The third-order valence-electron chi connectivity index (χ3n) is 4.95. The summed E-state index contributed by atoms with van der Waals surface area (Å²) < 4.78 is 28.0. The van der Waals surface area contributed by atoms with Gasteiger partial charge in [-0.3, -0.25) is 9.59 Å². The van der Waals surface area contributed by atoms with Crippen LogP contribution >= 0.6 is 11.3 Å². The summed E-state index contributed by atoms with van der Waals surface area (Å²) in [5, 5.41) is 1.82. The van der Waals surface area contributed by atoms with Gasteiger partial charge in [-0.15, -0.1) is 11.3 Å². The Bertz CT molecular complexity index is 939. The topological polar surface area (TPSA) is 40.6 Å². The number of thiophene rings is 1. The van der Waals surface area contributed by atoms with Gasteiger partial charge >= 0.3 is 0 Å². The Morgan fingerprint density at radius 1 is 1.15 bits per heavy atom.